The smallest absolute Gasteiger partial charge is 0.251 e. The van der Waals surface area contributed by atoms with Gasteiger partial charge in [-0.2, -0.15) is 11.8 Å². The van der Waals surface area contributed by atoms with E-state index in [4.69, 9.17) is 0 Å². The van der Waals surface area contributed by atoms with Crippen molar-refractivity contribution in [1.82, 2.24) is 5.32 Å². The fraction of sp³-hybridized carbons (Fsp3) is 0.462. The number of phenols is 2. The number of hydrogen-bond donors (Lipinski definition) is 3. The molecule has 1 aromatic carbocycles. The molecule has 1 amide bonds. The molecule has 0 bridgehead atoms. The second kappa shape index (κ2) is 5.10. The maximum atomic E-state index is 11.9. The van der Waals surface area contributed by atoms with Crippen molar-refractivity contribution in [3.63, 3.8) is 0 Å². The van der Waals surface area contributed by atoms with Crippen molar-refractivity contribution in [1.29, 1.82) is 0 Å². The Balaban J connectivity index is 1.97. The van der Waals surface area contributed by atoms with Gasteiger partial charge in [-0.15, -0.1) is 0 Å². The first-order chi connectivity index (χ1) is 8.50. The van der Waals surface area contributed by atoms with Crippen molar-refractivity contribution in [2.45, 2.75) is 24.5 Å². The molecule has 4 nitrogen and oxygen atoms in total. The monoisotopic (exact) mass is 267 g/mol. The zero-order valence-electron chi connectivity index (χ0n) is 10.3. The van der Waals surface area contributed by atoms with Gasteiger partial charge < -0.3 is 15.5 Å². The summed E-state index contributed by atoms with van der Waals surface area (Å²) in [7, 11) is 0. The third-order valence-corrected chi connectivity index (χ3v) is 4.70. The van der Waals surface area contributed by atoms with E-state index in [1.807, 2.05) is 11.8 Å². The highest BCUT2D eigenvalue weighted by Crippen LogP contribution is 2.37. The lowest BCUT2D eigenvalue weighted by atomic mass is 10.1. The zero-order chi connectivity index (χ0) is 13.2. The highest BCUT2D eigenvalue weighted by molar-refractivity contribution is 8.00. The van der Waals surface area contributed by atoms with Crippen LogP contribution in [-0.4, -0.2) is 33.2 Å². The van der Waals surface area contributed by atoms with E-state index in [2.05, 4.69) is 12.2 Å². The van der Waals surface area contributed by atoms with Gasteiger partial charge in [0.15, 0.2) is 11.5 Å². The predicted molar refractivity (Wildman–Crippen MR) is 72.2 cm³/mol. The topological polar surface area (TPSA) is 69.6 Å². The molecule has 1 saturated heterocycles. The number of benzene rings is 1. The predicted octanol–water partition coefficient (Wildman–Crippen LogP) is 2.11. The van der Waals surface area contributed by atoms with E-state index < -0.39 is 0 Å². The Kier molecular flexibility index (Phi) is 3.71. The fourth-order valence-electron chi connectivity index (χ4n) is 2.01. The van der Waals surface area contributed by atoms with Gasteiger partial charge in [0.25, 0.3) is 5.91 Å². The Morgan fingerprint density at radius 1 is 1.44 bits per heavy atom. The summed E-state index contributed by atoms with van der Waals surface area (Å²) in [5.41, 5.74) is 0.358. The molecule has 3 N–H and O–H groups in total. The molecule has 1 heterocycles. The Morgan fingerprint density at radius 2 is 2.22 bits per heavy atom. The lowest BCUT2D eigenvalue weighted by Crippen LogP contribution is -2.36. The Morgan fingerprint density at radius 3 is 2.83 bits per heavy atom. The molecule has 0 aromatic heterocycles. The van der Waals surface area contributed by atoms with Crippen LogP contribution in [0.1, 0.15) is 30.1 Å². The number of carbonyl (C=O) groups excluding carboxylic acids is 1. The van der Waals surface area contributed by atoms with Gasteiger partial charge in [-0.3, -0.25) is 4.79 Å². The van der Waals surface area contributed by atoms with Gasteiger partial charge in [0, 0.05) is 16.9 Å². The number of hydrogen-bond acceptors (Lipinski definition) is 4. The van der Waals surface area contributed by atoms with E-state index in [1.165, 1.54) is 24.6 Å². The standard InChI is InChI=1S/C13H17NO3S/c1-13(5-2-6-18-13)8-14-12(17)9-3-4-10(15)11(16)7-9/h3-4,7,15-16H,2,5-6,8H2,1H3,(H,14,17). The number of amides is 1. The summed E-state index contributed by atoms with van der Waals surface area (Å²) in [6.07, 6.45) is 2.30. The third-order valence-electron chi connectivity index (χ3n) is 3.16. The molecule has 0 aliphatic carbocycles. The third kappa shape index (κ3) is 2.90. The summed E-state index contributed by atoms with van der Waals surface area (Å²) in [6, 6.07) is 4.08. The van der Waals surface area contributed by atoms with Gasteiger partial charge in [0.05, 0.1) is 0 Å². The number of aromatic hydroxyl groups is 2. The van der Waals surface area contributed by atoms with Crippen LogP contribution >= 0.6 is 11.8 Å². The van der Waals surface area contributed by atoms with Crippen LogP contribution in [0.4, 0.5) is 0 Å². The average Bonchev–Trinajstić information content (AvgIpc) is 2.77. The molecule has 18 heavy (non-hydrogen) atoms. The van der Waals surface area contributed by atoms with Crippen LogP contribution in [-0.2, 0) is 0 Å². The summed E-state index contributed by atoms with van der Waals surface area (Å²) < 4.78 is 0.120. The van der Waals surface area contributed by atoms with Crippen LogP contribution < -0.4 is 5.32 Å². The average molecular weight is 267 g/mol. The van der Waals surface area contributed by atoms with Crippen molar-refractivity contribution >= 4 is 17.7 Å². The van der Waals surface area contributed by atoms with E-state index in [0.29, 0.717) is 12.1 Å². The van der Waals surface area contributed by atoms with Gasteiger partial charge in [0.2, 0.25) is 0 Å². The maximum Gasteiger partial charge on any atom is 0.251 e. The molecule has 1 atom stereocenters. The van der Waals surface area contributed by atoms with Gasteiger partial charge in [-0.1, -0.05) is 0 Å². The molecule has 1 unspecified atom stereocenters. The van der Waals surface area contributed by atoms with Gasteiger partial charge in [-0.05, 0) is 43.7 Å². The number of nitrogens with one attached hydrogen (secondary N) is 1. The maximum absolute atomic E-state index is 11.9. The molecule has 98 valence electrons. The normalized spacial score (nSPS) is 22.9. The molecule has 1 aliphatic rings. The van der Waals surface area contributed by atoms with Crippen LogP contribution in [0.5, 0.6) is 11.5 Å². The van der Waals surface area contributed by atoms with E-state index in [9.17, 15) is 15.0 Å². The SMILES string of the molecule is CC1(CNC(=O)c2ccc(O)c(O)c2)CCCS1. The second-order valence-electron chi connectivity index (χ2n) is 4.79. The molecule has 1 fully saturated rings. The van der Waals surface area contributed by atoms with Crippen LogP contribution in [0.2, 0.25) is 0 Å². The van der Waals surface area contributed by atoms with Crippen molar-refractivity contribution < 1.29 is 15.0 Å². The van der Waals surface area contributed by atoms with Crippen LogP contribution in [0, 0.1) is 0 Å². The highest BCUT2D eigenvalue weighted by atomic mass is 32.2. The summed E-state index contributed by atoms with van der Waals surface area (Å²) in [6.45, 7) is 2.78. The molecule has 5 heteroatoms. The van der Waals surface area contributed by atoms with Crippen molar-refractivity contribution in [2.24, 2.45) is 0 Å². The molecular weight excluding hydrogens is 250 g/mol. The first kappa shape index (κ1) is 13.1. The van der Waals surface area contributed by atoms with Crippen molar-refractivity contribution in [3.8, 4) is 11.5 Å². The fourth-order valence-corrected chi connectivity index (χ4v) is 3.25. The van der Waals surface area contributed by atoms with Crippen LogP contribution in [0.15, 0.2) is 18.2 Å². The van der Waals surface area contributed by atoms with Gasteiger partial charge in [-0.25, -0.2) is 0 Å². The molecular formula is C13H17NO3S. The van der Waals surface area contributed by atoms with E-state index in [-0.39, 0.29) is 22.2 Å². The summed E-state index contributed by atoms with van der Waals surface area (Å²) in [5.74, 6) is 0.430. The second-order valence-corrected chi connectivity index (χ2v) is 6.47. The van der Waals surface area contributed by atoms with Crippen LogP contribution in [0.3, 0.4) is 0 Å². The largest absolute Gasteiger partial charge is 0.504 e. The Hall–Kier alpha value is -1.36. The quantitative estimate of drug-likeness (QED) is 0.734. The number of phenolic OH excluding ortho intramolecular Hbond substituents is 2. The molecule has 2 rings (SSSR count). The van der Waals surface area contributed by atoms with Crippen molar-refractivity contribution in [3.05, 3.63) is 23.8 Å². The molecule has 1 aliphatic heterocycles. The Labute approximate surface area is 110 Å². The minimum absolute atomic E-state index is 0.120. The lowest BCUT2D eigenvalue weighted by Gasteiger charge is -2.22. The zero-order valence-corrected chi connectivity index (χ0v) is 11.1. The first-order valence-electron chi connectivity index (χ1n) is 5.94. The molecule has 1 aromatic rings. The number of thioether (sulfide) groups is 1. The van der Waals surface area contributed by atoms with E-state index in [1.54, 1.807) is 0 Å². The highest BCUT2D eigenvalue weighted by Gasteiger charge is 2.29. The molecule has 0 saturated carbocycles. The minimum atomic E-state index is -0.274. The van der Waals surface area contributed by atoms with E-state index in [0.717, 1.165) is 12.2 Å². The number of carbonyl (C=O) groups is 1. The number of rotatable bonds is 3. The summed E-state index contributed by atoms with van der Waals surface area (Å²) >= 11 is 1.88. The van der Waals surface area contributed by atoms with Crippen LogP contribution in [0.25, 0.3) is 0 Å². The van der Waals surface area contributed by atoms with E-state index >= 15 is 0 Å². The first-order valence-corrected chi connectivity index (χ1v) is 6.93. The Bertz CT molecular complexity index is 456. The molecule has 0 radical (unpaired) electrons. The van der Waals surface area contributed by atoms with Gasteiger partial charge >= 0.3 is 0 Å². The van der Waals surface area contributed by atoms with Crippen molar-refractivity contribution in [2.75, 3.05) is 12.3 Å². The van der Waals surface area contributed by atoms with Gasteiger partial charge in [0.1, 0.15) is 0 Å². The summed E-state index contributed by atoms with van der Waals surface area (Å²) in [4.78, 5) is 11.9. The molecule has 0 spiro atoms. The summed E-state index contributed by atoms with van der Waals surface area (Å²) in [5, 5.41) is 21.4. The lowest BCUT2D eigenvalue weighted by molar-refractivity contribution is 0.0949. The minimum Gasteiger partial charge on any atom is -0.504 e.